The molecule has 0 aliphatic carbocycles. The summed E-state index contributed by atoms with van der Waals surface area (Å²) in [6.45, 7) is -0.0296. The Balaban J connectivity index is 1.65. The molecule has 0 radical (unpaired) electrons. The van der Waals surface area contributed by atoms with Crippen molar-refractivity contribution in [2.45, 2.75) is 6.61 Å². The van der Waals surface area contributed by atoms with Crippen LogP contribution in [0, 0.1) is 0 Å². The van der Waals surface area contributed by atoms with E-state index in [-0.39, 0.29) is 6.61 Å². The maximum Gasteiger partial charge on any atom is 0.338 e. The number of aromatic nitrogens is 1. The SMILES string of the molecule is O=C(OCc1ncc(-c2ccccc2)o1)c1cccc(Cl)c1. The van der Waals surface area contributed by atoms with Crippen LogP contribution in [0.2, 0.25) is 5.02 Å². The summed E-state index contributed by atoms with van der Waals surface area (Å²) in [4.78, 5) is 16.0. The molecule has 0 N–H and O–H groups in total. The summed E-state index contributed by atoms with van der Waals surface area (Å²) >= 11 is 5.84. The summed E-state index contributed by atoms with van der Waals surface area (Å²) in [7, 11) is 0. The Bertz CT molecular complexity index is 783. The third-order valence-corrected chi connectivity index (χ3v) is 3.23. The Morgan fingerprint density at radius 1 is 1.14 bits per heavy atom. The highest BCUT2D eigenvalue weighted by molar-refractivity contribution is 6.30. The van der Waals surface area contributed by atoms with Gasteiger partial charge in [-0.1, -0.05) is 48.0 Å². The summed E-state index contributed by atoms with van der Waals surface area (Å²) in [5, 5.41) is 0.483. The number of ether oxygens (including phenoxy) is 1. The van der Waals surface area contributed by atoms with Crippen LogP contribution in [0.1, 0.15) is 16.2 Å². The van der Waals surface area contributed by atoms with Crippen LogP contribution in [0.4, 0.5) is 0 Å². The van der Waals surface area contributed by atoms with Gasteiger partial charge in [0.15, 0.2) is 12.4 Å². The minimum atomic E-state index is -0.470. The largest absolute Gasteiger partial charge is 0.452 e. The van der Waals surface area contributed by atoms with Gasteiger partial charge in [0.05, 0.1) is 11.8 Å². The van der Waals surface area contributed by atoms with E-state index in [4.69, 9.17) is 20.8 Å². The van der Waals surface area contributed by atoms with E-state index < -0.39 is 5.97 Å². The molecule has 5 heteroatoms. The number of oxazole rings is 1. The predicted octanol–water partition coefficient (Wildman–Crippen LogP) is 4.35. The second-order valence-electron chi connectivity index (χ2n) is 4.57. The summed E-state index contributed by atoms with van der Waals surface area (Å²) < 4.78 is 10.7. The van der Waals surface area contributed by atoms with E-state index in [1.807, 2.05) is 30.3 Å². The number of carbonyl (C=O) groups excluding carboxylic acids is 1. The first-order valence-corrected chi connectivity index (χ1v) is 7.03. The van der Waals surface area contributed by atoms with Crippen LogP contribution in [-0.4, -0.2) is 11.0 Å². The summed E-state index contributed by atoms with van der Waals surface area (Å²) in [6.07, 6.45) is 1.61. The van der Waals surface area contributed by atoms with Gasteiger partial charge in [0.2, 0.25) is 5.89 Å². The lowest BCUT2D eigenvalue weighted by molar-refractivity contribution is 0.0439. The number of hydrogen-bond donors (Lipinski definition) is 0. The molecule has 0 saturated heterocycles. The molecule has 0 aliphatic heterocycles. The van der Waals surface area contributed by atoms with Crippen LogP contribution in [0.5, 0.6) is 0 Å². The first-order valence-electron chi connectivity index (χ1n) is 6.65. The van der Waals surface area contributed by atoms with Gasteiger partial charge >= 0.3 is 5.97 Å². The van der Waals surface area contributed by atoms with Gasteiger partial charge in [-0.05, 0) is 18.2 Å². The molecule has 0 fully saturated rings. The molecule has 0 aliphatic rings. The van der Waals surface area contributed by atoms with Crippen molar-refractivity contribution in [1.82, 2.24) is 4.98 Å². The molecule has 1 heterocycles. The van der Waals surface area contributed by atoms with E-state index in [1.165, 1.54) is 0 Å². The highest BCUT2D eigenvalue weighted by Crippen LogP contribution is 2.20. The van der Waals surface area contributed by atoms with Crippen molar-refractivity contribution in [3.8, 4) is 11.3 Å². The number of esters is 1. The van der Waals surface area contributed by atoms with Crippen molar-refractivity contribution >= 4 is 17.6 Å². The van der Waals surface area contributed by atoms with Gasteiger partial charge < -0.3 is 9.15 Å². The highest BCUT2D eigenvalue weighted by atomic mass is 35.5. The normalized spacial score (nSPS) is 10.4. The highest BCUT2D eigenvalue weighted by Gasteiger charge is 2.11. The van der Waals surface area contributed by atoms with Gasteiger partial charge in [0.1, 0.15) is 0 Å². The van der Waals surface area contributed by atoms with E-state index in [0.717, 1.165) is 5.56 Å². The Kier molecular flexibility index (Phi) is 4.21. The summed E-state index contributed by atoms with van der Waals surface area (Å²) in [6, 6.07) is 16.2. The molecule has 4 nitrogen and oxygen atoms in total. The quantitative estimate of drug-likeness (QED) is 0.672. The Hall–Kier alpha value is -2.59. The minimum Gasteiger partial charge on any atom is -0.452 e. The van der Waals surface area contributed by atoms with Crippen molar-refractivity contribution < 1.29 is 13.9 Å². The Labute approximate surface area is 132 Å². The van der Waals surface area contributed by atoms with Crippen molar-refractivity contribution in [1.29, 1.82) is 0 Å². The van der Waals surface area contributed by atoms with Gasteiger partial charge in [-0.2, -0.15) is 0 Å². The lowest BCUT2D eigenvalue weighted by Crippen LogP contribution is -2.05. The third kappa shape index (κ3) is 3.35. The number of halogens is 1. The van der Waals surface area contributed by atoms with E-state index >= 15 is 0 Å². The van der Waals surface area contributed by atoms with E-state index in [9.17, 15) is 4.79 Å². The predicted molar refractivity (Wildman–Crippen MR) is 82.5 cm³/mol. The molecule has 0 unspecified atom stereocenters. The maximum atomic E-state index is 11.9. The number of nitrogens with zero attached hydrogens (tertiary/aromatic N) is 1. The van der Waals surface area contributed by atoms with Crippen LogP contribution in [0.15, 0.2) is 65.2 Å². The van der Waals surface area contributed by atoms with Crippen LogP contribution in [0.25, 0.3) is 11.3 Å². The molecule has 3 rings (SSSR count). The lowest BCUT2D eigenvalue weighted by Gasteiger charge is -2.02. The molecular formula is C17H12ClNO3. The lowest BCUT2D eigenvalue weighted by atomic mass is 10.2. The van der Waals surface area contributed by atoms with E-state index in [0.29, 0.717) is 22.2 Å². The summed E-state index contributed by atoms with van der Waals surface area (Å²) in [5.41, 5.74) is 1.31. The van der Waals surface area contributed by atoms with Crippen molar-refractivity contribution in [2.75, 3.05) is 0 Å². The van der Waals surface area contributed by atoms with Gasteiger partial charge in [0, 0.05) is 10.6 Å². The molecule has 110 valence electrons. The molecule has 3 aromatic rings. The fourth-order valence-electron chi connectivity index (χ4n) is 1.94. The van der Waals surface area contributed by atoms with Gasteiger partial charge in [0.25, 0.3) is 0 Å². The van der Waals surface area contributed by atoms with Crippen LogP contribution in [0.3, 0.4) is 0 Å². The zero-order chi connectivity index (χ0) is 15.4. The standard InChI is InChI=1S/C17H12ClNO3/c18-14-8-4-7-13(9-14)17(20)21-11-16-19-10-15(22-16)12-5-2-1-3-6-12/h1-10H,11H2. The zero-order valence-electron chi connectivity index (χ0n) is 11.5. The Morgan fingerprint density at radius 3 is 2.73 bits per heavy atom. The average molecular weight is 314 g/mol. The van der Waals surface area contributed by atoms with Crippen molar-refractivity contribution in [2.24, 2.45) is 0 Å². The van der Waals surface area contributed by atoms with Gasteiger partial charge in [-0.15, -0.1) is 0 Å². The first-order chi connectivity index (χ1) is 10.7. The fraction of sp³-hybridized carbons (Fsp3) is 0.0588. The van der Waals surface area contributed by atoms with Crippen molar-refractivity contribution in [3.05, 3.63) is 77.3 Å². The average Bonchev–Trinajstić information content (AvgIpc) is 3.02. The van der Waals surface area contributed by atoms with Gasteiger partial charge in [-0.25, -0.2) is 9.78 Å². The van der Waals surface area contributed by atoms with Gasteiger partial charge in [-0.3, -0.25) is 0 Å². The van der Waals surface area contributed by atoms with Crippen LogP contribution >= 0.6 is 11.6 Å². The molecule has 1 aromatic heterocycles. The topological polar surface area (TPSA) is 52.3 Å². The molecule has 0 spiro atoms. The molecule has 0 saturated carbocycles. The molecule has 0 amide bonds. The smallest absolute Gasteiger partial charge is 0.338 e. The molecule has 22 heavy (non-hydrogen) atoms. The third-order valence-electron chi connectivity index (χ3n) is 3.00. The molecule has 0 atom stereocenters. The van der Waals surface area contributed by atoms with E-state index in [1.54, 1.807) is 30.5 Å². The minimum absolute atomic E-state index is 0.0296. The monoisotopic (exact) mass is 313 g/mol. The molecule has 2 aromatic carbocycles. The first kappa shape index (κ1) is 14.4. The second kappa shape index (κ2) is 6.45. The van der Waals surface area contributed by atoms with E-state index in [2.05, 4.69) is 4.98 Å². The fourth-order valence-corrected chi connectivity index (χ4v) is 2.13. The van der Waals surface area contributed by atoms with Crippen LogP contribution in [-0.2, 0) is 11.3 Å². The zero-order valence-corrected chi connectivity index (χ0v) is 12.3. The number of rotatable bonds is 4. The number of benzene rings is 2. The van der Waals surface area contributed by atoms with Crippen molar-refractivity contribution in [3.63, 3.8) is 0 Å². The molecular weight excluding hydrogens is 302 g/mol. The number of carbonyl (C=O) groups is 1. The van der Waals surface area contributed by atoms with Crippen LogP contribution < -0.4 is 0 Å². The summed E-state index contributed by atoms with van der Waals surface area (Å²) in [5.74, 6) is 0.505. The number of hydrogen-bond acceptors (Lipinski definition) is 4. The second-order valence-corrected chi connectivity index (χ2v) is 5.01. The molecule has 0 bridgehead atoms. The Morgan fingerprint density at radius 2 is 1.95 bits per heavy atom. The maximum absolute atomic E-state index is 11.9.